The van der Waals surface area contributed by atoms with Crippen molar-refractivity contribution in [2.75, 3.05) is 24.6 Å². The summed E-state index contributed by atoms with van der Waals surface area (Å²) in [6.07, 6.45) is 0. The first-order valence-corrected chi connectivity index (χ1v) is 7.82. The lowest BCUT2D eigenvalue weighted by atomic mass is 10.2. The molecular formula is C13H18ClIN2O. The van der Waals surface area contributed by atoms with E-state index in [1.807, 2.05) is 19.1 Å². The molecule has 1 aromatic carbocycles. The molecule has 2 atom stereocenters. The largest absolute Gasteiger partial charge is 0.492 e. The standard InChI is InChI=1S/C13H18ClIN2O/c1-3-18-12-8-10(4-5-11(12)14)17-7-6-16-9(2)13(17)15/h4-5,8-9,13,16H,3,6-7H2,1-2H3. The topological polar surface area (TPSA) is 24.5 Å². The van der Waals surface area contributed by atoms with Crippen molar-refractivity contribution in [1.29, 1.82) is 0 Å². The molecule has 1 aliphatic heterocycles. The lowest BCUT2D eigenvalue weighted by molar-refractivity contribution is 0.340. The number of nitrogens with zero attached hydrogens (tertiary/aromatic N) is 1. The van der Waals surface area contributed by atoms with Gasteiger partial charge in [-0.3, -0.25) is 0 Å². The quantitative estimate of drug-likeness (QED) is 0.495. The van der Waals surface area contributed by atoms with Crippen LogP contribution in [0.1, 0.15) is 13.8 Å². The fourth-order valence-electron chi connectivity index (χ4n) is 2.11. The van der Waals surface area contributed by atoms with Gasteiger partial charge in [0.05, 0.1) is 15.7 Å². The van der Waals surface area contributed by atoms with E-state index in [9.17, 15) is 0 Å². The van der Waals surface area contributed by atoms with Gasteiger partial charge in [0.15, 0.2) is 0 Å². The summed E-state index contributed by atoms with van der Waals surface area (Å²) in [6.45, 7) is 6.83. The highest BCUT2D eigenvalue weighted by Gasteiger charge is 2.26. The van der Waals surface area contributed by atoms with E-state index in [1.165, 1.54) is 5.69 Å². The van der Waals surface area contributed by atoms with Crippen molar-refractivity contribution in [3.8, 4) is 5.75 Å². The third-order valence-corrected chi connectivity index (χ3v) is 5.14. The summed E-state index contributed by atoms with van der Waals surface area (Å²) in [7, 11) is 0. The molecule has 1 heterocycles. The van der Waals surface area contributed by atoms with E-state index >= 15 is 0 Å². The molecule has 0 spiro atoms. The minimum Gasteiger partial charge on any atom is -0.492 e. The molecule has 1 aliphatic rings. The van der Waals surface area contributed by atoms with Crippen molar-refractivity contribution in [2.45, 2.75) is 23.9 Å². The van der Waals surface area contributed by atoms with Crippen LogP contribution in [0.4, 0.5) is 5.69 Å². The van der Waals surface area contributed by atoms with Crippen LogP contribution in [0, 0.1) is 0 Å². The predicted molar refractivity (Wildman–Crippen MR) is 85.2 cm³/mol. The second kappa shape index (κ2) is 6.30. The zero-order chi connectivity index (χ0) is 13.1. The minimum absolute atomic E-state index is 0.437. The number of halogens is 2. The van der Waals surface area contributed by atoms with Gasteiger partial charge >= 0.3 is 0 Å². The van der Waals surface area contributed by atoms with Crippen LogP contribution >= 0.6 is 34.2 Å². The van der Waals surface area contributed by atoms with E-state index in [2.05, 4.69) is 45.8 Å². The van der Waals surface area contributed by atoms with E-state index in [4.69, 9.17) is 16.3 Å². The van der Waals surface area contributed by atoms with Gasteiger partial charge in [0.25, 0.3) is 0 Å². The van der Waals surface area contributed by atoms with Crippen molar-refractivity contribution in [3.63, 3.8) is 0 Å². The molecule has 100 valence electrons. The predicted octanol–water partition coefficient (Wildman–Crippen LogP) is 3.30. The van der Waals surface area contributed by atoms with Crippen LogP contribution in [0.15, 0.2) is 18.2 Å². The fourth-order valence-corrected chi connectivity index (χ4v) is 3.14. The molecule has 2 rings (SSSR count). The minimum atomic E-state index is 0.437. The van der Waals surface area contributed by atoms with E-state index in [1.54, 1.807) is 0 Å². The number of alkyl halides is 1. The molecule has 1 aromatic rings. The van der Waals surface area contributed by atoms with Gasteiger partial charge < -0.3 is 15.0 Å². The summed E-state index contributed by atoms with van der Waals surface area (Å²) >= 11 is 8.60. The summed E-state index contributed by atoms with van der Waals surface area (Å²) in [5.74, 6) is 0.770. The number of anilines is 1. The second-order valence-corrected chi connectivity index (χ2v) is 6.04. The number of rotatable bonds is 3. The summed E-state index contributed by atoms with van der Waals surface area (Å²) in [6, 6.07) is 6.49. The van der Waals surface area contributed by atoms with Gasteiger partial charge in [0, 0.05) is 30.9 Å². The fraction of sp³-hybridized carbons (Fsp3) is 0.538. The molecule has 0 saturated carbocycles. The third kappa shape index (κ3) is 3.03. The Balaban J connectivity index is 2.24. The molecule has 3 nitrogen and oxygen atoms in total. The zero-order valence-electron chi connectivity index (χ0n) is 10.6. The van der Waals surface area contributed by atoms with Crippen LogP contribution in [0.25, 0.3) is 0 Å². The summed E-state index contributed by atoms with van der Waals surface area (Å²) in [5.41, 5.74) is 1.18. The second-order valence-electron chi connectivity index (χ2n) is 4.36. The maximum absolute atomic E-state index is 6.12. The maximum atomic E-state index is 6.12. The normalized spacial score (nSPS) is 24.1. The summed E-state index contributed by atoms with van der Waals surface area (Å²) in [4.78, 5) is 2.39. The van der Waals surface area contributed by atoms with Crippen LogP contribution < -0.4 is 15.0 Å². The maximum Gasteiger partial charge on any atom is 0.139 e. The van der Waals surface area contributed by atoms with Gasteiger partial charge in [-0.2, -0.15) is 0 Å². The number of piperazine rings is 1. The number of hydrogen-bond acceptors (Lipinski definition) is 3. The highest BCUT2D eigenvalue weighted by molar-refractivity contribution is 14.1. The first-order chi connectivity index (χ1) is 8.63. The molecule has 0 radical (unpaired) electrons. The van der Waals surface area contributed by atoms with Crippen LogP contribution in [-0.4, -0.2) is 29.8 Å². The van der Waals surface area contributed by atoms with Crippen molar-refractivity contribution < 1.29 is 4.74 Å². The number of hydrogen-bond donors (Lipinski definition) is 1. The van der Waals surface area contributed by atoms with Crippen LogP contribution in [0.5, 0.6) is 5.75 Å². The Bertz CT molecular complexity index is 416. The molecule has 0 bridgehead atoms. The van der Waals surface area contributed by atoms with Crippen LogP contribution in [-0.2, 0) is 0 Å². The summed E-state index contributed by atoms with van der Waals surface area (Å²) in [5, 5.41) is 4.15. The first-order valence-electron chi connectivity index (χ1n) is 6.20. The van der Waals surface area contributed by atoms with E-state index in [-0.39, 0.29) is 0 Å². The molecule has 1 N–H and O–H groups in total. The average Bonchev–Trinajstić information content (AvgIpc) is 2.36. The van der Waals surface area contributed by atoms with Crippen molar-refractivity contribution in [2.24, 2.45) is 0 Å². The number of ether oxygens (including phenoxy) is 1. The Kier molecular flexibility index (Phi) is 4.98. The molecule has 1 fully saturated rings. The van der Waals surface area contributed by atoms with E-state index in [0.29, 0.717) is 21.7 Å². The number of nitrogens with one attached hydrogen (secondary N) is 1. The number of benzene rings is 1. The molecular weight excluding hydrogens is 363 g/mol. The van der Waals surface area contributed by atoms with Crippen LogP contribution in [0.3, 0.4) is 0 Å². The van der Waals surface area contributed by atoms with E-state index < -0.39 is 0 Å². The molecule has 1 saturated heterocycles. The molecule has 0 aromatic heterocycles. The van der Waals surface area contributed by atoms with Gasteiger partial charge in [0.2, 0.25) is 0 Å². The lowest BCUT2D eigenvalue weighted by Crippen LogP contribution is -2.54. The molecule has 5 heteroatoms. The van der Waals surface area contributed by atoms with Gasteiger partial charge in [-0.15, -0.1) is 0 Å². The highest BCUT2D eigenvalue weighted by Crippen LogP contribution is 2.32. The molecule has 0 amide bonds. The Morgan fingerprint density at radius 3 is 3.06 bits per heavy atom. The Hall–Kier alpha value is -0.200. The Morgan fingerprint density at radius 2 is 2.33 bits per heavy atom. The van der Waals surface area contributed by atoms with Crippen molar-refractivity contribution in [3.05, 3.63) is 23.2 Å². The van der Waals surface area contributed by atoms with Crippen molar-refractivity contribution in [1.82, 2.24) is 5.32 Å². The zero-order valence-corrected chi connectivity index (χ0v) is 13.5. The first kappa shape index (κ1) is 14.2. The summed E-state index contributed by atoms with van der Waals surface area (Å²) < 4.78 is 5.99. The van der Waals surface area contributed by atoms with Crippen molar-refractivity contribution >= 4 is 39.9 Å². The Labute approximate surface area is 127 Å². The third-order valence-electron chi connectivity index (χ3n) is 3.08. The van der Waals surface area contributed by atoms with Gasteiger partial charge in [-0.1, -0.05) is 34.2 Å². The smallest absolute Gasteiger partial charge is 0.139 e. The van der Waals surface area contributed by atoms with Gasteiger partial charge in [0.1, 0.15) is 5.75 Å². The van der Waals surface area contributed by atoms with Crippen LogP contribution in [0.2, 0.25) is 5.02 Å². The lowest BCUT2D eigenvalue weighted by Gasteiger charge is -2.39. The highest BCUT2D eigenvalue weighted by atomic mass is 127. The Morgan fingerprint density at radius 1 is 1.56 bits per heavy atom. The molecule has 0 aliphatic carbocycles. The molecule has 2 unspecified atom stereocenters. The SMILES string of the molecule is CCOc1cc(N2CCNC(C)C2I)ccc1Cl. The average molecular weight is 381 g/mol. The molecule has 18 heavy (non-hydrogen) atoms. The van der Waals surface area contributed by atoms with E-state index in [0.717, 1.165) is 18.8 Å². The monoisotopic (exact) mass is 380 g/mol. The van der Waals surface area contributed by atoms with Gasteiger partial charge in [-0.25, -0.2) is 0 Å². The van der Waals surface area contributed by atoms with Gasteiger partial charge in [-0.05, 0) is 26.0 Å².